The van der Waals surface area contributed by atoms with E-state index >= 15 is 0 Å². The Kier molecular flexibility index (Phi) is 5.67. The molecule has 4 aromatic rings. The summed E-state index contributed by atoms with van der Waals surface area (Å²) in [6, 6.07) is 14.9. The number of aromatic nitrogens is 4. The number of benzene rings is 2. The Hall–Kier alpha value is -3.20. The Balaban J connectivity index is 1.70. The molecule has 1 amide bonds. The smallest absolute Gasteiger partial charge is 0.223 e. The standard InChI is InChI=1S/C24H23Cl2N7O/c1-24(23(28)34)10-11-32(18(27)12-24)21-19-22(30-13-29-21)33(15-8-6-14(25)7-9-15)20(31-19)16-4-2-3-5-17(16)26/h2-9,13,18H,10-12,27H2,1H3,(H2,28,34). The van der Waals surface area contributed by atoms with Gasteiger partial charge in [-0.15, -0.1) is 0 Å². The molecule has 1 fully saturated rings. The zero-order valence-corrected chi connectivity index (χ0v) is 20.0. The highest BCUT2D eigenvalue weighted by atomic mass is 35.5. The highest BCUT2D eigenvalue weighted by Crippen LogP contribution is 2.38. The van der Waals surface area contributed by atoms with E-state index in [1.807, 2.05) is 64.9 Å². The summed E-state index contributed by atoms with van der Waals surface area (Å²) in [5.41, 5.74) is 14.3. The average Bonchev–Trinajstić information content (AvgIpc) is 3.19. The molecule has 0 bridgehead atoms. The molecule has 2 atom stereocenters. The van der Waals surface area contributed by atoms with Gasteiger partial charge in [-0.3, -0.25) is 9.36 Å². The zero-order valence-electron chi connectivity index (χ0n) is 18.4. The van der Waals surface area contributed by atoms with Crippen molar-refractivity contribution in [3.8, 4) is 17.1 Å². The molecule has 2 aromatic heterocycles. The minimum absolute atomic E-state index is 0.344. The predicted molar refractivity (Wildman–Crippen MR) is 134 cm³/mol. The Morgan fingerprint density at radius 3 is 2.53 bits per heavy atom. The Labute approximate surface area is 206 Å². The highest BCUT2D eigenvalue weighted by molar-refractivity contribution is 6.33. The van der Waals surface area contributed by atoms with Crippen LogP contribution in [0.1, 0.15) is 19.8 Å². The predicted octanol–water partition coefficient (Wildman–Crippen LogP) is 4.17. The normalized spacial score (nSPS) is 20.6. The number of nitrogens with zero attached hydrogens (tertiary/aromatic N) is 5. The number of hydrogen-bond donors (Lipinski definition) is 2. The van der Waals surface area contributed by atoms with Gasteiger partial charge in [-0.1, -0.05) is 42.3 Å². The average molecular weight is 496 g/mol. The van der Waals surface area contributed by atoms with E-state index in [2.05, 4.69) is 9.97 Å². The van der Waals surface area contributed by atoms with Crippen molar-refractivity contribution in [2.75, 3.05) is 11.4 Å². The lowest BCUT2D eigenvalue weighted by atomic mass is 9.78. The largest absolute Gasteiger partial charge is 0.369 e. The summed E-state index contributed by atoms with van der Waals surface area (Å²) in [5, 5.41) is 1.19. The lowest BCUT2D eigenvalue weighted by Crippen LogP contribution is -2.55. The quantitative estimate of drug-likeness (QED) is 0.438. The van der Waals surface area contributed by atoms with E-state index in [1.54, 1.807) is 0 Å². The molecule has 2 unspecified atom stereocenters. The second-order valence-corrected chi connectivity index (χ2v) is 9.58. The first-order chi connectivity index (χ1) is 16.3. The number of anilines is 1. The molecular formula is C24H23Cl2N7O. The Bertz CT molecular complexity index is 1390. The molecule has 174 valence electrons. The molecule has 1 saturated heterocycles. The van der Waals surface area contributed by atoms with Crippen LogP contribution in [0.3, 0.4) is 0 Å². The number of halogens is 2. The lowest BCUT2D eigenvalue weighted by Gasteiger charge is -2.42. The van der Waals surface area contributed by atoms with E-state index in [1.165, 1.54) is 6.33 Å². The molecule has 3 heterocycles. The maximum absolute atomic E-state index is 12.0. The van der Waals surface area contributed by atoms with Gasteiger partial charge in [-0.05, 0) is 49.2 Å². The second-order valence-electron chi connectivity index (χ2n) is 8.74. The van der Waals surface area contributed by atoms with E-state index in [0.29, 0.717) is 52.2 Å². The van der Waals surface area contributed by atoms with E-state index < -0.39 is 11.6 Å². The first kappa shape index (κ1) is 22.6. The number of primary amides is 1. The number of hydrogen-bond acceptors (Lipinski definition) is 6. The van der Waals surface area contributed by atoms with Gasteiger partial charge in [0.15, 0.2) is 17.0 Å². The van der Waals surface area contributed by atoms with Gasteiger partial charge < -0.3 is 16.4 Å². The van der Waals surface area contributed by atoms with Gasteiger partial charge in [0.25, 0.3) is 0 Å². The van der Waals surface area contributed by atoms with Gasteiger partial charge >= 0.3 is 0 Å². The highest BCUT2D eigenvalue weighted by Gasteiger charge is 2.40. The van der Waals surface area contributed by atoms with Gasteiger partial charge in [0.05, 0.1) is 16.6 Å². The molecule has 8 nitrogen and oxygen atoms in total. The minimum Gasteiger partial charge on any atom is -0.369 e. The Morgan fingerprint density at radius 1 is 1.12 bits per heavy atom. The van der Waals surface area contributed by atoms with Crippen molar-refractivity contribution >= 4 is 46.1 Å². The fourth-order valence-electron chi connectivity index (χ4n) is 4.44. The molecule has 0 spiro atoms. The minimum atomic E-state index is -0.659. The third-order valence-electron chi connectivity index (χ3n) is 6.46. The summed E-state index contributed by atoms with van der Waals surface area (Å²) in [4.78, 5) is 28.0. The third kappa shape index (κ3) is 3.77. The van der Waals surface area contributed by atoms with Crippen LogP contribution < -0.4 is 16.4 Å². The number of rotatable bonds is 4. The number of imidazole rings is 1. The van der Waals surface area contributed by atoms with E-state index in [0.717, 1.165) is 11.3 Å². The molecule has 4 N–H and O–H groups in total. The monoisotopic (exact) mass is 495 g/mol. The molecule has 1 aliphatic heterocycles. The van der Waals surface area contributed by atoms with E-state index in [4.69, 9.17) is 39.7 Å². The van der Waals surface area contributed by atoms with E-state index in [9.17, 15) is 4.79 Å². The van der Waals surface area contributed by atoms with Crippen molar-refractivity contribution in [1.82, 2.24) is 19.5 Å². The molecule has 5 rings (SSSR count). The van der Waals surface area contributed by atoms with Crippen LogP contribution in [0.2, 0.25) is 10.0 Å². The van der Waals surface area contributed by atoms with E-state index in [-0.39, 0.29) is 5.91 Å². The number of piperidine rings is 1. The molecule has 0 radical (unpaired) electrons. The number of amides is 1. The molecule has 34 heavy (non-hydrogen) atoms. The molecule has 1 aliphatic rings. The Morgan fingerprint density at radius 2 is 1.85 bits per heavy atom. The number of carbonyl (C=O) groups is 1. The van der Waals surface area contributed by atoms with Gasteiger partial charge in [0.1, 0.15) is 12.2 Å². The molecule has 0 saturated carbocycles. The molecule has 2 aromatic carbocycles. The summed E-state index contributed by atoms with van der Waals surface area (Å²) in [6.07, 6.45) is 2.03. The fourth-order valence-corrected chi connectivity index (χ4v) is 4.79. The van der Waals surface area contributed by atoms with Gasteiger partial charge in [0, 0.05) is 22.8 Å². The first-order valence-electron chi connectivity index (χ1n) is 10.8. The van der Waals surface area contributed by atoms with Crippen molar-refractivity contribution in [3.63, 3.8) is 0 Å². The third-order valence-corrected chi connectivity index (χ3v) is 7.04. The maximum atomic E-state index is 12.0. The summed E-state index contributed by atoms with van der Waals surface area (Å²) >= 11 is 12.7. The topological polar surface area (TPSA) is 116 Å². The van der Waals surface area contributed by atoms with Crippen molar-refractivity contribution in [2.24, 2.45) is 16.9 Å². The van der Waals surface area contributed by atoms with Crippen LogP contribution >= 0.6 is 23.2 Å². The second kappa shape index (κ2) is 8.54. The van der Waals surface area contributed by atoms with Crippen LogP contribution in [-0.4, -0.2) is 38.1 Å². The van der Waals surface area contributed by atoms with Gasteiger partial charge in [0.2, 0.25) is 5.91 Å². The summed E-state index contributed by atoms with van der Waals surface area (Å²) in [6.45, 7) is 2.37. The van der Waals surface area contributed by atoms with Crippen LogP contribution in [0, 0.1) is 5.41 Å². The van der Waals surface area contributed by atoms with Crippen LogP contribution in [0.5, 0.6) is 0 Å². The fraction of sp³-hybridized carbons (Fsp3) is 0.250. The van der Waals surface area contributed by atoms with Crippen molar-refractivity contribution in [1.29, 1.82) is 0 Å². The lowest BCUT2D eigenvalue weighted by molar-refractivity contribution is -0.128. The van der Waals surface area contributed by atoms with Gasteiger partial charge in [-0.25, -0.2) is 15.0 Å². The first-order valence-corrected chi connectivity index (χ1v) is 11.6. The number of fused-ring (bicyclic) bond motifs is 1. The van der Waals surface area contributed by atoms with Crippen molar-refractivity contribution in [2.45, 2.75) is 25.9 Å². The van der Waals surface area contributed by atoms with Crippen LogP contribution in [0.4, 0.5) is 5.82 Å². The molecular weight excluding hydrogens is 473 g/mol. The van der Waals surface area contributed by atoms with Crippen LogP contribution in [0.25, 0.3) is 28.2 Å². The summed E-state index contributed by atoms with van der Waals surface area (Å²) in [5.74, 6) is 0.880. The van der Waals surface area contributed by atoms with Crippen LogP contribution in [-0.2, 0) is 4.79 Å². The van der Waals surface area contributed by atoms with Gasteiger partial charge in [-0.2, -0.15) is 0 Å². The number of carbonyl (C=O) groups excluding carboxylic acids is 1. The summed E-state index contributed by atoms with van der Waals surface area (Å²) < 4.78 is 1.93. The number of nitrogens with two attached hydrogens (primary N) is 2. The maximum Gasteiger partial charge on any atom is 0.223 e. The van der Waals surface area contributed by atoms with Crippen LogP contribution in [0.15, 0.2) is 54.9 Å². The summed E-state index contributed by atoms with van der Waals surface area (Å²) in [7, 11) is 0. The SMILES string of the molecule is CC1(C(N)=O)CCN(c2ncnc3c2nc(-c2ccccc2Cl)n3-c2ccc(Cl)cc2)C(N)C1. The van der Waals surface area contributed by atoms with Crippen molar-refractivity contribution in [3.05, 3.63) is 64.9 Å². The molecule has 10 heteroatoms. The van der Waals surface area contributed by atoms with Crippen molar-refractivity contribution < 1.29 is 4.79 Å². The zero-order chi connectivity index (χ0) is 24.0. The molecule has 0 aliphatic carbocycles.